The molecular formula is C20H17ClN2O3. The van der Waals surface area contributed by atoms with Crippen LogP contribution in [0.15, 0.2) is 66.4 Å². The number of para-hydroxylation sites is 1. The molecule has 1 unspecified atom stereocenters. The molecule has 2 heterocycles. The Morgan fingerprint density at radius 2 is 1.77 bits per heavy atom. The highest BCUT2D eigenvalue weighted by molar-refractivity contribution is 6.22. The minimum Gasteiger partial charge on any atom is -0.464 e. The number of nitrogens with zero attached hydrogens (tertiary/aromatic N) is 2. The fourth-order valence-electron chi connectivity index (χ4n) is 3.63. The Labute approximate surface area is 156 Å². The van der Waals surface area contributed by atoms with E-state index in [9.17, 15) is 9.59 Å². The van der Waals surface area contributed by atoms with Crippen molar-refractivity contribution in [1.82, 2.24) is 4.90 Å². The molecule has 0 radical (unpaired) electrons. The number of anilines is 1. The number of alkyl halides is 1. The second kappa shape index (κ2) is 6.18. The van der Waals surface area contributed by atoms with Gasteiger partial charge in [-0.25, -0.2) is 0 Å². The van der Waals surface area contributed by atoms with E-state index in [2.05, 4.69) is 0 Å². The molecule has 2 aliphatic heterocycles. The summed E-state index contributed by atoms with van der Waals surface area (Å²) in [7, 11) is 0. The first-order valence-corrected chi connectivity index (χ1v) is 8.81. The summed E-state index contributed by atoms with van der Waals surface area (Å²) >= 11 is 6.08. The van der Waals surface area contributed by atoms with Gasteiger partial charge in [-0.1, -0.05) is 48.5 Å². The molecule has 0 saturated carbocycles. The molecule has 2 aromatic carbocycles. The number of hydrogen-bond acceptors (Lipinski definition) is 3. The molecule has 0 bridgehead atoms. The number of fused-ring (bicyclic) bond motifs is 3. The number of allylic oxidation sites excluding steroid dienone is 1. The van der Waals surface area contributed by atoms with E-state index in [1.807, 2.05) is 54.6 Å². The van der Waals surface area contributed by atoms with E-state index in [4.69, 9.17) is 16.3 Å². The number of carbonyl (C=O) groups is 2. The van der Waals surface area contributed by atoms with Crippen LogP contribution in [0.4, 0.5) is 5.69 Å². The van der Waals surface area contributed by atoms with Crippen LogP contribution in [0.1, 0.15) is 18.1 Å². The predicted molar refractivity (Wildman–Crippen MR) is 98.4 cm³/mol. The van der Waals surface area contributed by atoms with Crippen molar-refractivity contribution in [2.24, 2.45) is 0 Å². The number of carbonyl (C=O) groups excluding carboxylic acids is 2. The smallest absolute Gasteiger partial charge is 0.254 e. The summed E-state index contributed by atoms with van der Waals surface area (Å²) in [6.45, 7) is 1.62. The number of amides is 2. The normalized spacial score (nSPS) is 22.2. The number of benzene rings is 2. The molecule has 2 amide bonds. The zero-order chi connectivity index (χ0) is 18.3. The Morgan fingerprint density at radius 3 is 2.50 bits per heavy atom. The zero-order valence-electron chi connectivity index (χ0n) is 14.2. The molecule has 0 aromatic heterocycles. The molecule has 26 heavy (non-hydrogen) atoms. The zero-order valence-corrected chi connectivity index (χ0v) is 14.9. The van der Waals surface area contributed by atoms with Crippen molar-refractivity contribution in [2.45, 2.75) is 12.6 Å². The molecule has 4 rings (SSSR count). The van der Waals surface area contributed by atoms with Crippen molar-refractivity contribution >= 4 is 29.1 Å². The van der Waals surface area contributed by atoms with Crippen LogP contribution in [0.5, 0.6) is 0 Å². The average Bonchev–Trinajstić information content (AvgIpc) is 2.76. The summed E-state index contributed by atoms with van der Waals surface area (Å²) in [5.74, 6) is -0.0241. The third-order valence-corrected chi connectivity index (χ3v) is 4.96. The lowest BCUT2D eigenvalue weighted by Gasteiger charge is -2.45. The molecule has 1 atom stereocenters. The van der Waals surface area contributed by atoms with Crippen LogP contribution in [0.3, 0.4) is 0 Å². The fraction of sp³-hybridized carbons (Fsp3) is 0.200. The number of ether oxygens (including phenoxy) is 1. The molecular weight excluding hydrogens is 352 g/mol. The number of rotatable bonds is 2. The van der Waals surface area contributed by atoms with Crippen molar-refractivity contribution in [3.63, 3.8) is 0 Å². The van der Waals surface area contributed by atoms with Crippen LogP contribution in [-0.2, 0) is 20.1 Å². The number of halogens is 1. The van der Waals surface area contributed by atoms with Gasteiger partial charge in [0.1, 0.15) is 18.3 Å². The van der Waals surface area contributed by atoms with E-state index in [0.717, 1.165) is 5.56 Å². The predicted octanol–water partition coefficient (Wildman–Crippen LogP) is 3.19. The molecule has 0 aliphatic carbocycles. The molecule has 2 aromatic rings. The van der Waals surface area contributed by atoms with E-state index in [-0.39, 0.29) is 24.4 Å². The second-order valence-electron chi connectivity index (χ2n) is 6.25. The Bertz CT molecular complexity index is 912. The summed E-state index contributed by atoms with van der Waals surface area (Å²) in [5, 5.41) is 0. The van der Waals surface area contributed by atoms with Gasteiger partial charge in [0.2, 0.25) is 11.6 Å². The number of hydrogen-bond donors (Lipinski definition) is 0. The van der Waals surface area contributed by atoms with Crippen molar-refractivity contribution in [1.29, 1.82) is 0 Å². The van der Waals surface area contributed by atoms with Gasteiger partial charge in [0.15, 0.2) is 0 Å². The summed E-state index contributed by atoms with van der Waals surface area (Å²) in [4.78, 5) is 28.7. The summed E-state index contributed by atoms with van der Waals surface area (Å²) in [6, 6.07) is 16.9. The van der Waals surface area contributed by atoms with E-state index >= 15 is 0 Å². The van der Waals surface area contributed by atoms with E-state index in [0.29, 0.717) is 17.0 Å². The largest absolute Gasteiger partial charge is 0.464 e. The fourth-order valence-corrected chi connectivity index (χ4v) is 3.89. The summed E-state index contributed by atoms with van der Waals surface area (Å²) in [5.41, 5.74) is 0.905. The maximum absolute atomic E-state index is 12.9. The minimum atomic E-state index is -1.22. The van der Waals surface area contributed by atoms with E-state index < -0.39 is 5.72 Å². The summed E-state index contributed by atoms with van der Waals surface area (Å²) < 4.78 is 6.33. The first-order chi connectivity index (χ1) is 12.6. The Hall–Kier alpha value is -2.79. The van der Waals surface area contributed by atoms with Gasteiger partial charge in [0.25, 0.3) is 5.91 Å². The first-order valence-electron chi connectivity index (χ1n) is 8.28. The lowest BCUT2D eigenvalue weighted by molar-refractivity contribution is -0.161. The molecule has 0 N–H and O–H groups in total. The van der Waals surface area contributed by atoms with Gasteiger partial charge in [-0.15, -0.1) is 11.6 Å². The molecule has 5 nitrogen and oxygen atoms in total. The molecule has 0 fully saturated rings. The van der Waals surface area contributed by atoms with Gasteiger partial charge < -0.3 is 4.74 Å². The second-order valence-corrected chi connectivity index (χ2v) is 6.49. The van der Waals surface area contributed by atoms with Gasteiger partial charge in [-0.05, 0) is 13.0 Å². The maximum atomic E-state index is 12.9. The van der Waals surface area contributed by atoms with Crippen molar-refractivity contribution in [3.05, 3.63) is 77.6 Å². The highest BCUT2D eigenvalue weighted by Crippen LogP contribution is 2.47. The summed E-state index contributed by atoms with van der Waals surface area (Å²) in [6.07, 6.45) is 1.41. The molecule has 0 spiro atoms. The molecule has 6 heteroatoms. The Morgan fingerprint density at radius 1 is 1.08 bits per heavy atom. The van der Waals surface area contributed by atoms with Crippen LogP contribution >= 0.6 is 11.6 Å². The SMILES string of the molecule is CC1=CC(=O)N2CC(=O)N(CCl)c3ccccc3C2(c2ccccc2)O1. The van der Waals surface area contributed by atoms with Crippen LogP contribution in [0, 0.1) is 0 Å². The van der Waals surface area contributed by atoms with Gasteiger partial charge in [-0.3, -0.25) is 19.4 Å². The van der Waals surface area contributed by atoms with E-state index in [1.54, 1.807) is 6.92 Å². The molecule has 0 saturated heterocycles. The standard InChI is InChI=1S/C20H17ClN2O3/c1-14-11-18(24)23-12-19(25)22(13-21)17-10-6-5-9-16(17)20(23,26-14)15-7-3-2-4-8-15/h2-11H,12-13H2,1H3. The molecule has 2 aliphatic rings. The van der Waals surface area contributed by atoms with Crippen molar-refractivity contribution in [2.75, 3.05) is 17.4 Å². The highest BCUT2D eigenvalue weighted by Gasteiger charge is 2.52. The maximum Gasteiger partial charge on any atom is 0.254 e. The monoisotopic (exact) mass is 368 g/mol. The average molecular weight is 369 g/mol. The van der Waals surface area contributed by atoms with Crippen LogP contribution in [-0.4, -0.2) is 29.3 Å². The van der Waals surface area contributed by atoms with Crippen LogP contribution < -0.4 is 4.90 Å². The highest BCUT2D eigenvalue weighted by atomic mass is 35.5. The van der Waals surface area contributed by atoms with Gasteiger partial charge in [0.05, 0.1) is 5.69 Å². The molecule has 132 valence electrons. The minimum absolute atomic E-state index is 0.00480. The van der Waals surface area contributed by atoms with Gasteiger partial charge in [0, 0.05) is 17.2 Å². The Balaban J connectivity index is 2.08. The lowest BCUT2D eigenvalue weighted by Crippen LogP contribution is -2.54. The first kappa shape index (κ1) is 16.7. The Kier molecular flexibility index (Phi) is 3.96. The van der Waals surface area contributed by atoms with E-state index in [1.165, 1.54) is 15.9 Å². The van der Waals surface area contributed by atoms with Crippen LogP contribution in [0.2, 0.25) is 0 Å². The quantitative estimate of drug-likeness (QED) is 0.604. The van der Waals surface area contributed by atoms with Crippen molar-refractivity contribution < 1.29 is 14.3 Å². The third kappa shape index (κ3) is 2.31. The van der Waals surface area contributed by atoms with Crippen molar-refractivity contribution in [3.8, 4) is 0 Å². The van der Waals surface area contributed by atoms with Gasteiger partial charge in [-0.2, -0.15) is 0 Å². The topological polar surface area (TPSA) is 49.9 Å². The lowest BCUT2D eigenvalue weighted by atomic mass is 9.90. The van der Waals surface area contributed by atoms with Crippen LogP contribution in [0.25, 0.3) is 0 Å². The third-order valence-electron chi connectivity index (χ3n) is 4.72. The van der Waals surface area contributed by atoms with Gasteiger partial charge >= 0.3 is 0 Å².